The quantitative estimate of drug-likeness (QED) is 0.238. The topological polar surface area (TPSA) is 18.5 Å². The summed E-state index contributed by atoms with van der Waals surface area (Å²) in [4.78, 5) is 0. The second-order valence-electron chi connectivity index (χ2n) is 9.95. The molecule has 0 amide bonds. The highest BCUT2D eigenvalue weighted by atomic mass is 28.4. The number of rotatable bonds is 0. The molecule has 0 aliphatic carbocycles. The van der Waals surface area contributed by atoms with Crippen molar-refractivity contribution in [3.63, 3.8) is 0 Å². The molecule has 0 saturated carbocycles. The van der Waals surface area contributed by atoms with Gasteiger partial charge < -0.3 is 13.3 Å². The molecule has 4 rings (SSSR count). The summed E-state index contributed by atoms with van der Waals surface area (Å²) in [6.07, 6.45) is -25.2. The first-order chi connectivity index (χ1) is 16.9. The van der Waals surface area contributed by atoms with E-state index in [9.17, 15) is 52.7 Å². The highest BCUT2D eigenvalue weighted by Gasteiger charge is 2.81. The molecule has 0 unspecified atom stereocenters. The van der Waals surface area contributed by atoms with Gasteiger partial charge in [-0.2, -0.15) is 52.7 Å². The van der Waals surface area contributed by atoms with Crippen molar-refractivity contribution in [2.45, 2.75) is 35.9 Å². The van der Waals surface area contributed by atoms with Gasteiger partial charge in [-0.05, 0) is 11.1 Å². The zero-order valence-electron chi connectivity index (χ0n) is 19.9. The predicted molar refractivity (Wildman–Crippen MR) is 112 cm³/mol. The van der Waals surface area contributed by atoms with Gasteiger partial charge in [-0.1, -0.05) is 48.5 Å². The van der Waals surface area contributed by atoms with Crippen molar-refractivity contribution >= 4 is 18.9 Å². The van der Waals surface area contributed by atoms with Gasteiger partial charge >= 0.3 is 24.7 Å². The zero-order chi connectivity index (χ0) is 29.4. The van der Waals surface area contributed by atoms with E-state index in [1.807, 2.05) is 0 Å². The second kappa shape index (κ2) is 8.60. The van der Waals surface area contributed by atoms with Crippen LogP contribution in [0.2, 0.25) is 0 Å². The number of quaternary nitrogens is 1. The van der Waals surface area contributed by atoms with Gasteiger partial charge in [-0.25, -0.2) is 0 Å². The Morgan fingerprint density at radius 2 is 0.763 bits per heavy atom. The number of halogens is 12. The van der Waals surface area contributed by atoms with E-state index in [4.69, 9.17) is 0 Å². The van der Waals surface area contributed by atoms with Gasteiger partial charge in [-0.15, -0.1) is 10.4 Å². The molecule has 0 fully saturated rings. The van der Waals surface area contributed by atoms with Crippen molar-refractivity contribution in [3.05, 3.63) is 59.7 Å². The molecule has 0 saturated heterocycles. The van der Waals surface area contributed by atoms with Crippen LogP contribution in [0.3, 0.4) is 0 Å². The Bertz CT molecular complexity index is 1070. The van der Waals surface area contributed by atoms with Crippen LogP contribution in [-0.4, -0.2) is 65.9 Å². The maximum atomic E-state index is 13.9. The van der Waals surface area contributed by atoms with Crippen LogP contribution in [0.5, 0.6) is 0 Å². The smallest absolute Gasteiger partial charge is 0.427 e. The Labute approximate surface area is 209 Å². The minimum atomic E-state index is -6.31. The summed E-state index contributed by atoms with van der Waals surface area (Å²) in [6.45, 7) is 0. The van der Waals surface area contributed by atoms with Crippen molar-refractivity contribution in [1.82, 2.24) is 0 Å². The largest absolute Gasteiger partial charge is 0.517 e. The number of nitrogens with zero attached hydrogens (tertiary/aromatic N) is 1. The number of benzene rings is 2. The Morgan fingerprint density at radius 1 is 0.526 bits per heavy atom. The third-order valence-corrected chi connectivity index (χ3v) is 8.99. The lowest BCUT2D eigenvalue weighted by Gasteiger charge is -2.46. The molecule has 2 aliphatic heterocycles. The molecule has 0 N–H and O–H groups in total. The lowest BCUT2D eigenvalue weighted by molar-refractivity contribution is -0.849. The highest BCUT2D eigenvalue weighted by Crippen LogP contribution is 2.62. The fourth-order valence-corrected chi connectivity index (χ4v) is 8.42. The predicted octanol–water partition coefficient (Wildman–Crippen LogP) is 5.27. The molecule has 0 radical (unpaired) electrons. The SMILES string of the molecule is C[N+](C)(C)C.FC(F)(F)C1(C(F)(F)F)O[Si-]2(OC(C(F)(F)F)(C(F)(F)F)c3ccccc32)c2ccccc21. The summed E-state index contributed by atoms with van der Waals surface area (Å²) in [7, 11) is 2.60. The average molecular weight is 586 g/mol. The standard InChI is InChI=1S/C18H8F12O2Si.C4H12N/c19-15(20,21)13(16(22,23)24)9-5-1-3-7-11(9)33(31-13)12-8-4-2-6-10(12)14(32-33,17(25,26)27)18(28,29)30;1-5(2,3)4/h1-8H;1-4H3/q-1;+1. The van der Waals surface area contributed by atoms with Crippen molar-refractivity contribution in [3.8, 4) is 0 Å². The van der Waals surface area contributed by atoms with Gasteiger partial charge in [0.1, 0.15) is 0 Å². The Balaban J connectivity index is 0.000000732. The first-order valence-electron chi connectivity index (χ1n) is 10.5. The third-order valence-electron chi connectivity index (χ3n) is 5.51. The summed E-state index contributed by atoms with van der Waals surface area (Å²) < 4.78 is 177. The lowest BCUT2D eigenvalue weighted by atomic mass is 9.92. The minimum absolute atomic E-state index is 0.297. The van der Waals surface area contributed by atoms with E-state index >= 15 is 0 Å². The molecular formula is C22H20F12NO2Si. The molecule has 2 aromatic carbocycles. The van der Waals surface area contributed by atoms with E-state index in [0.717, 1.165) is 28.7 Å². The highest BCUT2D eigenvalue weighted by molar-refractivity contribution is 6.94. The summed E-state index contributed by atoms with van der Waals surface area (Å²) in [6, 6.07) is 4.89. The Morgan fingerprint density at radius 3 is 1.00 bits per heavy atom. The molecule has 2 aliphatic rings. The Hall–Kier alpha value is -2.30. The minimum Gasteiger partial charge on any atom is -0.517 e. The summed E-state index contributed by atoms with van der Waals surface area (Å²) in [5, 5.41) is -2.30. The lowest BCUT2D eigenvalue weighted by Crippen LogP contribution is -2.64. The molecule has 0 bridgehead atoms. The van der Waals surface area contributed by atoms with Gasteiger partial charge in [0.2, 0.25) is 11.2 Å². The van der Waals surface area contributed by atoms with E-state index in [1.54, 1.807) is 0 Å². The van der Waals surface area contributed by atoms with Crippen LogP contribution >= 0.6 is 0 Å². The van der Waals surface area contributed by atoms with Gasteiger partial charge in [0.25, 0.3) is 0 Å². The van der Waals surface area contributed by atoms with Gasteiger partial charge in [0.15, 0.2) is 8.56 Å². The van der Waals surface area contributed by atoms with Gasteiger partial charge in [-0.3, -0.25) is 0 Å². The molecule has 0 atom stereocenters. The van der Waals surface area contributed by atoms with Crippen LogP contribution in [-0.2, 0) is 20.1 Å². The normalized spacial score (nSPS) is 20.0. The number of hydrogen-bond acceptors (Lipinski definition) is 2. The van der Waals surface area contributed by atoms with Crippen LogP contribution < -0.4 is 10.4 Å². The van der Waals surface area contributed by atoms with Gasteiger partial charge in [0, 0.05) is 0 Å². The zero-order valence-corrected chi connectivity index (χ0v) is 20.9. The van der Waals surface area contributed by atoms with Crippen molar-refractivity contribution in [2.75, 3.05) is 28.2 Å². The van der Waals surface area contributed by atoms with Crippen LogP contribution in [0.4, 0.5) is 52.7 Å². The van der Waals surface area contributed by atoms with Crippen LogP contribution in [0, 0.1) is 0 Å². The molecule has 213 valence electrons. The number of hydrogen-bond donors (Lipinski definition) is 0. The molecular weight excluding hydrogens is 566 g/mol. The summed E-state index contributed by atoms with van der Waals surface area (Å²) in [5.41, 5.74) is -13.8. The third kappa shape index (κ3) is 4.28. The van der Waals surface area contributed by atoms with Crippen molar-refractivity contribution in [1.29, 1.82) is 0 Å². The monoisotopic (exact) mass is 586 g/mol. The van der Waals surface area contributed by atoms with E-state index in [0.29, 0.717) is 24.3 Å². The van der Waals surface area contributed by atoms with Crippen molar-refractivity contribution in [2.24, 2.45) is 0 Å². The van der Waals surface area contributed by atoms with E-state index in [1.165, 1.54) is 0 Å². The number of alkyl halides is 12. The molecule has 2 heterocycles. The molecule has 1 spiro atoms. The molecule has 0 aromatic heterocycles. The Kier molecular flexibility index (Phi) is 6.84. The van der Waals surface area contributed by atoms with Crippen molar-refractivity contribution < 1.29 is 66.0 Å². The van der Waals surface area contributed by atoms with E-state index < -0.39 is 66.0 Å². The first-order valence-corrected chi connectivity index (χ1v) is 12.3. The fourth-order valence-electron chi connectivity index (χ4n) is 4.24. The summed E-state index contributed by atoms with van der Waals surface area (Å²) >= 11 is 0. The first kappa shape index (κ1) is 30.2. The molecule has 16 heteroatoms. The fraction of sp³-hybridized carbons (Fsp3) is 0.455. The molecule has 2 aromatic rings. The van der Waals surface area contributed by atoms with E-state index in [-0.39, 0.29) is 0 Å². The van der Waals surface area contributed by atoms with Crippen LogP contribution in [0.25, 0.3) is 0 Å². The van der Waals surface area contributed by atoms with Crippen LogP contribution in [0.15, 0.2) is 48.5 Å². The van der Waals surface area contributed by atoms with Crippen LogP contribution in [0.1, 0.15) is 11.1 Å². The maximum absolute atomic E-state index is 13.9. The maximum Gasteiger partial charge on any atom is 0.427 e. The van der Waals surface area contributed by atoms with E-state index in [2.05, 4.69) is 37.0 Å². The molecule has 38 heavy (non-hydrogen) atoms. The second-order valence-corrected chi connectivity index (χ2v) is 12.7. The average Bonchev–Trinajstić information content (AvgIpc) is 3.19. The number of fused-ring (bicyclic) bond motifs is 4. The summed E-state index contributed by atoms with van der Waals surface area (Å²) in [5.74, 6) is 0. The molecule has 3 nitrogen and oxygen atoms in total. The van der Waals surface area contributed by atoms with Gasteiger partial charge in [0.05, 0.1) is 28.2 Å².